The lowest BCUT2D eigenvalue weighted by Gasteiger charge is -2.44. The Hall–Kier alpha value is -3.52. The van der Waals surface area contributed by atoms with Crippen LogP contribution in [0.25, 0.3) is 0 Å². The number of amides is 6. The lowest BCUT2D eigenvalue weighted by molar-refractivity contribution is -0.123. The fourth-order valence-electron chi connectivity index (χ4n) is 11.0. The molecule has 2 aliphatic heterocycles. The van der Waals surface area contributed by atoms with E-state index >= 15 is 0 Å². The smallest absolute Gasteiger partial charge is 0.407 e. The first-order chi connectivity index (χ1) is 30.1. The molecule has 0 aromatic heterocycles. The number of fused-ring (bicyclic) bond motifs is 2. The molecular weight excluding hydrogens is 817 g/mol. The highest BCUT2D eigenvalue weighted by molar-refractivity contribution is 8.00. The molecule has 2 heterocycles. The van der Waals surface area contributed by atoms with Crippen LogP contribution >= 0.6 is 11.8 Å². The molecule has 2 unspecified atom stereocenters. The van der Waals surface area contributed by atoms with Gasteiger partial charge in [-0.1, -0.05) is 63.0 Å². The van der Waals surface area contributed by atoms with Crippen LogP contribution in [0.1, 0.15) is 156 Å². The van der Waals surface area contributed by atoms with Crippen molar-refractivity contribution in [1.29, 1.82) is 0 Å². The van der Waals surface area contributed by atoms with Gasteiger partial charge in [0, 0.05) is 62.9 Å². The molecule has 7 N–H and O–H groups in total. The number of ether oxygens (including phenoxy) is 1. The number of alkyl carbamates (subject to hydrolysis) is 1. The summed E-state index contributed by atoms with van der Waals surface area (Å²) < 4.78 is 5.79. The maximum atomic E-state index is 12.7. The molecule has 8 atom stereocenters. The summed E-state index contributed by atoms with van der Waals surface area (Å²) in [6.07, 6.45) is 21.0. The van der Waals surface area contributed by atoms with E-state index in [1.807, 2.05) is 25.6 Å². The van der Waals surface area contributed by atoms with Gasteiger partial charge in [0.05, 0.1) is 17.7 Å². The molecule has 0 bridgehead atoms. The average Bonchev–Trinajstić information content (AvgIpc) is 3.90. The molecule has 354 valence electrons. The van der Waals surface area contributed by atoms with Gasteiger partial charge in [0.1, 0.15) is 6.10 Å². The van der Waals surface area contributed by atoms with Crippen molar-refractivity contribution in [2.45, 2.75) is 185 Å². The average molecular weight is 897 g/mol. The van der Waals surface area contributed by atoms with Crippen molar-refractivity contribution < 1.29 is 33.8 Å². The van der Waals surface area contributed by atoms with Crippen molar-refractivity contribution in [3.8, 4) is 0 Å². The van der Waals surface area contributed by atoms with E-state index in [0.29, 0.717) is 60.8 Å². The lowest BCUT2D eigenvalue weighted by atomic mass is 9.60. The summed E-state index contributed by atoms with van der Waals surface area (Å²) in [5.74, 6) is 2.69. The zero-order valence-corrected chi connectivity index (χ0v) is 39.7. The molecular formula is C49H80N6O7S. The van der Waals surface area contributed by atoms with Crippen molar-refractivity contribution in [3.63, 3.8) is 0 Å². The first-order valence-electron chi connectivity index (χ1n) is 24.3. The van der Waals surface area contributed by atoms with Crippen molar-refractivity contribution in [2.75, 3.05) is 31.9 Å². The van der Waals surface area contributed by atoms with E-state index in [0.717, 1.165) is 81.1 Å². The van der Waals surface area contributed by atoms with Crippen LogP contribution in [-0.2, 0) is 19.1 Å². The molecule has 6 amide bonds. The number of rotatable bonds is 24. The number of nitrogens with one attached hydrogen (secondary N) is 6. The number of hydrogen-bond donors (Lipinski definition) is 7. The minimum Gasteiger partial charge on any atom is -0.446 e. The molecule has 0 radical (unpaired) electrons. The van der Waals surface area contributed by atoms with E-state index in [4.69, 9.17) is 4.74 Å². The number of unbranched alkanes of at least 4 members (excludes halogenated alkanes) is 2. The van der Waals surface area contributed by atoms with E-state index < -0.39 is 11.7 Å². The Morgan fingerprint density at radius 1 is 0.889 bits per heavy atom. The van der Waals surface area contributed by atoms with Crippen LogP contribution in [0, 0.1) is 23.2 Å². The van der Waals surface area contributed by atoms with Crippen molar-refractivity contribution in [3.05, 3.63) is 35.5 Å². The van der Waals surface area contributed by atoms with E-state index in [1.54, 1.807) is 5.57 Å². The number of thioether (sulfide) groups is 1. The third-order valence-corrected chi connectivity index (χ3v) is 16.0. The summed E-state index contributed by atoms with van der Waals surface area (Å²) in [6.45, 7) is 14.7. The van der Waals surface area contributed by atoms with Crippen molar-refractivity contribution in [2.24, 2.45) is 23.2 Å². The Balaban J connectivity index is 0.865. The standard InChI is InChI=1S/C49H80N6O7S/c1-33-19-22-37(31-36(33)21-20-35-14-12-26-49(5)38(23-24-39(35)49)34(2)13-11-25-48(3,4)61)62-47(60)53-30-29-52-44(58)18-10-17-43(57)51-28-9-8-27-50-42(56)16-7-6-15-41-45-40(32-63-41)54-46(59)55-45/h20-21,34,37-41,45,61H,1,6-19,22-32H2,2-5H3,(H,50,56)(H,51,57)(H,52,58)(H,53,60)(H2,54,55,59)/b35-20+,36-21-/t34-,37+,38-,39+,40?,41-,45?,49-/m1/s1. The van der Waals surface area contributed by atoms with Gasteiger partial charge >= 0.3 is 12.1 Å². The topological polar surface area (TPSA) is 187 Å². The first kappa shape index (κ1) is 50.5. The van der Waals surface area contributed by atoms with Gasteiger partial charge in [0.25, 0.3) is 0 Å². The summed E-state index contributed by atoms with van der Waals surface area (Å²) in [5.41, 5.74) is 3.56. The highest BCUT2D eigenvalue weighted by Crippen LogP contribution is 2.60. The molecule has 5 fully saturated rings. The molecule has 5 rings (SSSR count). The largest absolute Gasteiger partial charge is 0.446 e. The molecule has 0 aromatic rings. The Labute approximate surface area is 381 Å². The molecule has 2 saturated heterocycles. The Bertz CT molecular complexity index is 1650. The molecule has 0 aromatic carbocycles. The summed E-state index contributed by atoms with van der Waals surface area (Å²) in [6, 6.07) is 0.356. The molecule has 0 spiro atoms. The highest BCUT2D eigenvalue weighted by atomic mass is 32.2. The molecule has 63 heavy (non-hydrogen) atoms. The number of carbonyl (C=O) groups excluding carboxylic acids is 5. The third-order valence-electron chi connectivity index (χ3n) is 14.5. The number of allylic oxidation sites excluding steroid dienone is 4. The number of aliphatic hydroxyl groups is 1. The molecule has 5 aliphatic rings. The fourth-order valence-corrected chi connectivity index (χ4v) is 12.5. The zero-order valence-electron chi connectivity index (χ0n) is 38.9. The Morgan fingerprint density at radius 2 is 1.57 bits per heavy atom. The van der Waals surface area contributed by atoms with Gasteiger partial charge in [-0.3, -0.25) is 14.4 Å². The van der Waals surface area contributed by atoms with Crippen LogP contribution in [0.2, 0.25) is 0 Å². The van der Waals surface area contributed by atoms with Gasteiger partial charge < -0.3 is 41.7 Å². The SMILES string of the molecule is C=C1CC[C@H](OC(=O)NCCNC(=O)CCCC(=O)NCCCCNC(=O)CCCC[C@H]2SCC3NC(=O)NC32)C/C1=C/C=C1\CCC[C@]2(C)[C@@H]([C@H](C)CCCC(C)(C)O)CC[C@@H]12. The second kappa shape index (κ2) is 24.7. The second-order valence-electron chi connectivity index (χ2n) is 20.0. The van der Waals surface area contributed by atoms with Crippen molar-refractivity contribution in [1.82, 2.24) is 31.9 Å². The van der Waals surface area contributed by atoms with Crippen LogP contribution in [0.3, 0.4) is 0 Å². The van der Waals surface area contributed by atoms with Gasteiger partial charge in [-0.05, 0) is 126 Å². The molecule has 3 aliphatic carbocycles. The quantitative estimate of drug-likeness (QED) is 0.0384. The van der Waals surface area contributed by atoms with Crippen LogP contribution < -0.4 is 31.9 Å². The lowest BCUT2D eigenvalue weighted by Crippen LogP contribution is -2.37. The summed E-state index contributed by atoms with van der Waals surface area (Å²) in [5, 5.41) is 28.0. The summed E-state index contributed by atoms with van der Waals surface area (Å²) >= 11 is 1.89. The first-order valence-corrected chi connectivity index (χ1v) is 25.4. The zero-order chi connectivity index (χ0) is 45.4. The minimum absolute atomic E-state index is 0.0454. The molecule has 14 heteroatoms. The minimum atomic E-state index is -0.595. The number of urea groups is 1. The van der Waals surface area contributed by atoms with Gasteiger partial charge in [-0.25, -0.2) is 9.59 Å². The van der Waals surface area contributed by atoms with E-state index in [9.17, 15) is 29.1 Å². The predicted molar refractivity (Wildman–Crippen MR) is 251 cm³/mol. The maximum Gasteiger partial charge on any atom is 0.407 e. The Morgan fingerprint density at radius 3 is 2.29 bits per heavy atom. The van der Waals surface area contributed by atoms with E-state index in [2.05, 4.69) is 64.5 Å². The maximum absolute atomic E-state index is 12.7. The van der Waals surface area contributed by atoms with Crippen molar-refractivity contribution >= 4 is 41.6 Å². The third kappa shape index (κ3) is 16.1. The monoisotopic (exact) mass is 897 g/mol. The highest BCUT2D eigenvalue weighted by Gasteiger charge is 2.50. The van der Waals surface area contributed by atoms with E-state index in [-0.39, 0.29) is 67.9 Å². The van der Waals surface area contributed by atoms with Crippen LogP contribution in [0.15, 0.2) is 35.5 Å². The predicted octanol–water partition coefficient (Wildman–Crippen LogP) is 7.49. The number of hydrogen-bond acceptors (Lipinski definition) is 8. The Kier molecular flexibility index (Phi) is 19.8. The normalized spacial score (nSPS) is 28.5. The summed E-state index contributed by atoms with van der Waals surface area (Å²) in [4.78, 5) is 61.0. The van der Waals surface area contributed by atoms with Gasteiger partial charge in [0.2, 0.25) is 17.7 Å². The van der Waals surface area contributed by atoms with Crippen LogP contribution in [-0.4, -0.2) is 95.9 Å². The van der Waals surface area contributed by atoms with Gasteiger partial charge in [-0.2, -0.15) is 11.8 Å². The van der Waals surface area contributed by atoms with Crippen LogP contribution in [0.4, 0.5) is 9.59 Å². The number of carbonyl (C=O) groups is 5. The molecule has 13 nitrogen and oxygen atoms in total. The van der Waals surface area contributed by atoms with E-state index in [1.165, 1.54) is 32.1 Å². The second-order valence-corrected chi connectivity index (χ2v) is 21.3. The van der Waals surface area contributed by atoms with Gasteiger partial charge in [-0.15, -0.1) is 0 Å². The van der Waals surface area contributed by atoms with Crippen LogP contribution in [0.5, 0.6) is 0 Å². The summed E-state index contributed by atoms with van der Waals surface area (Å²) in [7, 11) is 0. The van der Waals surface area contributed by atoms with Gasteiger partial charge in [0.15, 0.2) is 0 Å². The molecule has 3 saturated carbocycles. The fraction of sp³-hybridized carbons (Fsp3) is 0.776.